The second kappa shape index (κ2) is 11.1. The molecule has 0 saturated carbocycles. The summed E-state index contributed by atoms with van der Waals surface area (Å²) in [4.78, 5) is 28.7. The molecule has 3 aromatic rings. The lowest BCUT2D eigenvalue weighted by Crippen LogP contribution is -2.34. The first kappa shape index (κ1) is 21.5. The molecule has 0 fully saturated rings. The first-order valence-corrected chi connectivity index (χ1v) is 10.8. The summed E-state index contributed by atoms with van der Waals surface area (Å²) < 4.78 is 0. The predicted octanol–water partition coefficient (Wildman–Crippen LogP) is 4.48. The van der Waals surface area contributed by atoms with E-state index in [2.05, 4.69) is 27.8 Å². The molecular formula is C24H25N3O2S. The van der Waals surface area contributed by atoms with Crippen molar-refractivity contribution in [3.63, 3.8) is 0 Å². The number of thiazole rings is 1. The van der Waals surface area contributed by atoms with Gasteiger partial charge in [0.25, 0.3) is 0 Å². The summed E-state index contributed by atoms with van der Waals surface area (Å²) in [5.74, 6) is -0.318. The van der Waals surface area contributed by atoms with Crippen molar-refractivity contribution in [1.82, 2.24) is 10.3 Å². The van der Waals surface area contributed by atoms with Crippen molar-refractivity contribution in [1.29, 1.82) is 0 Å². The van der Waals surface area contributed by atoms with E-state index in [0.717, 1.165) is 18.4 Å². The van der Waals surface area contributed by atoms with Crippen molar-refractivity contribution < 1.29 is 9.59 Å². The van der Waals surface area contributed by atoms with E-state index in [-0.39, 0.29) is 24.3 Å². The third-order valence-electron chi connectivity index (χ3n) is 4.47. The van der Waals surface area contributed by atoms with Gasteiger partial charge in [0.1, 0.15) is 0 Å². The maximum atomic E-state index is 12.3. The molecule has 5 nitrogen and oxygen atoms in total. The molecule has 154 valence electrons. The van der Waals surface area contributed by atoms with Crippen LogP contribution in [0.2, 0.25) is 0 Å². The lowest BCUT2D eigenvalue weighted by Gasteiger charge is -2.13. The van der Waals surface area contributed by atoms with Gasteiger partial charge in [-0.05, 0) is 37.0 Å². The average molecular weight is 420 g/mol. The smallest absolute Gasteiger partial charge is 0.250 e. The van der Waals surface area contributed by atoms with Crippen molar-refractivity contribution in [2.75, 3.05) is 5.32 Å². The second-order valence-electron chi connectivity index (χ2n) is 7.05. The number of rotatable bonds is 9. The Morgan fingerprint density at radius 2 is 1.77 bits per heavy atom. The number of nitrogens with one attached hydrogen (secondary N) is 2. The van der Waals surface area contributed by atoms with E-state index < -0.39 is 0 Å². The number of benzene rings is 2. The standard InChI is InChI=1S/C24H25N3O2S/c1-18(12-13-19-8-4-2-5-9-19)25-23(29)16-21-17-30-24(26-21)27-22(28)15-14-20-10-6-3-7-11-20/h2-11,14-15,17-18H,12-13,16H2,1H3,(H,25,29)(H,26,27,28)/b15-14+. The predicted molar refractivity (Wildman–Crippen MR) is 122 cm³/mol. The molecule has 0 radical (unpaired) electrons. The summed E-state index contributed by atoms with van der Waals surface area (Å²) in [5.41, 5.74) is 2.86. The Labute approximate surface area is 180 Å². The van der Waals surface area contributed by atoms with E-state index in [1.54, 1.807) is 11.5 Å². The average Bonchev–Trinajstić information content (AvgIpc) is 3.18. The highest BCUT2D eigenvalue weighted by Crippen LogP contribution is 2.16. The SMILES string of the molecule is CC(CCc1ccccc1)NC(=O)Cc1csc(NC(=O)/C=C/c2ccccc2)n1. The van der Waals surface area contributed by atoms with Crippen molar-refractivity contribution in [3.8, 4) is 0 Å². The number of nitrogens with zero attached hydrogens (tertiary/aromatic N) is 1. The molecule has 1 heterocycles. The maximum Gasteiger partial charge on any atom is 0.250 e. The van der Waals surface area contributed by atoms with Gasteiger partial charge in [-0.3, -0.25) is 14.9 Å². The summed E-state index contributed by atoms with van der Waals surface area (Å²) in [6.07, 6.45) is 5.21. The summed E-state index contributed by atoms with van der Waals surface area (Å²) >= 11 is 1.31. The third-order valence-corrected chi connectivity index (χ3v) is 5.27. The Kier molecular flexibility index (Phi) is 7.92. The minimum Gasteiger partial charge on any atom is -0.353 e. The van der Waals surface area contributed by atoms with Crippen LogP contribution in [0.5, 0.6) is 0 Å². The Balaban J connectivity index is 1.42. The maximum absolute atomic E-state index is 12.3. The van der Waals surface area contributed by atoms with Gasteiger partial charge in [0.05, 0.1) is 12.1 Å². The number of hydrogen-bond donors (Lipinski definition) is 2. The summed E-state index contributed by atoms with van der Waals surface area (Å²) in [5, 5.41) is 8.03. The first-order chi connectivity index (χ1) is 14.6. The largest absolute Gasteiger partial charge is 0.353 e. The molecule has 2 N–H and O–H groups in total. The zero-order chi connectivity index (χ0) is 21.2. The first-order valence-electron chi connectivity index (χ1n) is 9.90. The highest BCUT2D eigenvalue weighted by Gasteiger charge is 2.11. The Bertz CT molecular complexity index is 984. The summed E-state index contributed by atoms with van der Waals surface area (Å²) in [7, 11) is 0. The zero-order valence-corrected chi connectivity index (χ0v) is 17.7. The van der Waals surface area contributed by atoms with Crippen LogP contribution in [0.1, 0.15) is 30.2 Å². The molecule has 6 heteroatoms. The molecule has 0 aliphatic heterocycles. The molecule has 30 heavy (non-hydrogen) atoms. The molecule has 0 aliphatic rings. The normalized spacial score (nSPS) is 11.9. The fourth-order valence-electron chi connectivity index (χ4n) is 2.92. The van der Waals surface area contributed by atoms with E-state index in [4.69, 9.17) is 0 Å². The molecule has 2 amide bonds. The number of anilines is 1. The van der Waals surface area contributed by atoms with E-state index in [1.807, 2.05) is 55.5 Å². The van der Waals surface area contributed by atoms with Crippen LogP contribution >= 0.6 is 11.3 Å². The molecule has 1 atom stereocenters. The van der Waals surface area contributed by atoms with Crippen molar-refractivity contribution in [3.05, 3.63) is 88.9 Å². The molecular weight excluding hydrogens is 394 g/mol. The molecule has 0 saturated heterocycles. The Hall–Kier alpha value is -3.25. The van der Waals surface area contributed by atoms with Crippen LogP contribution in [-0.2, 0) is 22.4 Å². The molecule has 0 spiro atoms. The van der Waals surface area contributed by atoms with Crippen molar-refractivity contribution in [2.24, 2.45) is 0 Å². The Morgan fingerprint density at radius 3 is 2.50 bits per heavy atom. The van der Waals surface area contributed by atoms with Gasteiger partial charge in [-0.2, -0.15) is 0 Å². The second-order valence-corrected chi connectivity index (χ2v) is 7.90. The minimum absolute atomic E-state index is 0.0669. The number of carbonyl (C=O) groups excluding carboxylic acids is 2. The van der Waals surface area contributed by atoms with Crippen LogP contribution in [0.4, 0.5) is 5.13 Å². The van der Waals surface area contributed by atoms with Crippen molar-refractivity contribution >= 4 is 34.4 Å². The fourth-order valence-corrected chi connectivity index (χ4v) is 3.63. The molecule has 3 rings (SSSR count). The summed E-state index contributed by atoms with van der Waals surface area (Å²) in [6.45, 7) is 2.01. The molecule has 2 aromatic carbocycles. The molecule has 1 aromatic heterocycles. The topological polar surface area (TPSA) is 71.1 Å². The number of aromatic nitrogens is 1. The third kappa shape index (κ3) is 7.29. The van der Waals surface area contributed by atoms with Gasteiger partial charge in [-0.1, -0.05) is 60.7 Å². The molecule has 1 unspecified atom stereocenters. The monoisotopic (exact) mass is 419 g/mol. The van der Waals surface area contributed by atoms with Gasteiger partial charge < -0.3 is 5.32 Å². The van der Waals surface area contributed by atoms with Crippen molar-refractivity contribution in [2.45, 2.75) is 32.2 Å². The van der Waals surface area contributed by atoms with Gasteiger partial charge in [0.2, 0.25) is 11.8 Å². The van der Waals surface area contributed by atoms with E-state index >= 15 is 0 Å². The zero-order valence-electron chi connectivity index (χ0n) is 16.9. The van der Waals surface area contributed by atoms with Crippen LogP contribution in [-0.4, -0.2) is 22.8 Å². The quantitative estimate of drug-likeness (QED) is 0.503. The summed E-state index contributed by atoms with van der Waals surface area (Å²) in [6, 6.07) is 19.9. The number of aryl methyl sites for hydroxylation is 1. The minimum atomic E-state index is -0.251. The number of carbonyl (C=O) groups is 2. The molecule has 0 bridgehead atoms. The fraction of sp³-hybridized carbons (Fsp3) is 0.208. The van der Waals surface area contributed by atoms with Gasteiger partial charge >= 0.3 is 0 Å². The van der Waals surface area contributed by atoms with Crippen LogP contribution in [0.15, 0.2) is 72.1 Å². The van der Waals surface area contributed by atoms with Gasteiger partial charge in [0.15, 0.2) is 5.13 Å². The highest BCUT2D eigenvalue weighted by atomic mass is 32.1. The van der Waals surface area contributed by atoms with Crippen LogP contribution < -0.4 is 10.6 Å². The van der Waals surface area contributed by atoms with E-state index in [0.29, 0.717) is 10.8 Å². The number of amides is 2. The van der Waals surface area contributed by atoms with E-state index in [1.165, 1.54) is 23.0 Å². The lowest BCUT2D eigenvalue weighted by molar-refractivity contribution is -0.121. The highest BCUT2D eigenvalue weighted by molar-refractivity contribution is 7.14. The molecule has 0 aliphatic carbocycles. The number of hydrogen-bond acceptors (Lipinski definition) is 4. The van der Waals surface area contributed by atoms with Gasteiger partial charge in [0, 0.05) is 17.5 Å². The van der Waals surface area contributed by atoms with Crippen LogP contribution in [0.3, 0.4) is 0 Å². The Morgan fingerprint density at radius 1 is 1.07 bits per heavy atom. The van der Waals surface area contributed by atoms with Gasteiger partial charge in [-0.25, -0.2) is 4.98 Å². The van der Waals surface area contributed by atoms with Crippen LogP contribution in [0, 0.1) is 0 Å². The van der Waals surface area contributed by atoms with Crippen LogP contribution in [0.25, 0.3) is 6.08 Å². The lowest BCUT2D eigenvalue weighted by atomic mass is 10.1. The van der Waals surface area contributed by atoms with E-state index in [9.17, 15) is 9.59 Å². The van der Waals surface area contributed by atoms with Gasteiger partial charge in [-0.15, -0.1) is 11.3 Å².